The Balaban J connectivity index is 0.00000243. The molecule has 0 atom stereocenters. The van der Waals surface area contributed by atoms with Crippen LogP contribution in [0, 0.1) is 0 Å². The van der Waals surface area contributed by atoms with Gasteiger partial charge in [0, 0.05) is 45.3 Å². The number of halogens is 1. The van der Waals surface area contributed by atoms with Crippen LogP contribution in [0.5, 0.6) is 0 Å². The highest BCUT2D eigenvalue weighted by molar-refractivity contribution is 14.0. The molecule has 144 valence electrons. The monoisotopic (exact) mass is 471 g/mol. The van der Waals surface area contributed by atoms with Gasteiger partial charge in [0.2, 0.25) is 5.91 Å². The number of rotatable bonds is 6. The SMILES string of the molecule is CCNC(=NCC(=O)NC1CC1)N1CCN(Cc2ccccc2)CC1.I. The van der Waals surface area contributed by atoms with Crippen LogP contribution in [0.4, 0.5) is 0 Å². The second kappa shape index (κ2) is 10.7. The van der Waals surface area contributed by atoms with Crippen LogP contribution in [0.15, 0.2) is 35.3 Å². The maximum atomic E-state index is 11.9. The first-order valence-electron chi connectivity index (χ1n) is 9.33. The standard InChI is InChI=1S/C19H29N5O.HI/c1-2-20-19(21-14-18(25)22-17-8-9-17)24-12-10-23(11-13-24)15-16-6-4-3-5-7-16;/h3-7,17H,2,8-15H2,1H3,(H,20,21)(H,22,25);1H. The van der Waals surface area contributed by atoms with Crippen molar-refractivity contribution < 1.29 is 4.79 Å². The summed E-state index contributed by atoms with van der Waals surface area (Å²) in [5.74, 6) is 0.883. The van der Waals surface area contributed by atoms with E-state index in [1.165, 1.54) is 5.56 Å². The molecule has 1 saturated carbocycles. The van der Waals surface area contributed by atoms with Gasteiger partial charge in [-0.15, -0.1) is 24.0 Å². The molecule has 1 saturated heterocycles. The van der Waals surface area contributed by atoms with E-state index in [4.69, 9.17) is 0 Å². The van der Waals surface area contributed by atoms with E-state index in [1.807, 2.05) is 0 Å². The van der Waals surface area contributed by atoms with E-state index in [0.717, 1.165) is 58.1 Å². The van der Waals surface area contributed by atoms with E-state index in [-0.39, 0.29) is 36.4 Å². The Morgan fingerprint density at radius 3 is 2.46 bits per heavy atom. The lowest BCUT2D eigenvalue weighted by Gasteiger charge is -2.36. The zero-order chi connectivity index (χ0) is 17.5. The van der Waals surface area contributed by atoms with E-state index in [2.05, 4.69) is 62.7 Å². The molecular formula is C19H30IN5O. The zero-order valence-corrected chi connectivity index (χ0v) is 17.8. The third kappa shape index (κ3) is 6.75. The lowest BCUT2D eigenvalue weighted by molar-refractivity contribution is -0.119. The van der Waals surface area contributed by atoms with Crippen LogP contribution in [-0.4, -0.2) is 67.0 Å². The van der Waals surface area contributed by atoms with E-state index in [0.29, 0.717) is 6.04 Å². The van der Waals surface area contributed by atoms with Gasteiger partial charge < -0.3 is 15.5 Å². The van der Waals surface area contributed by atoms with Crippen molar-refractivity contribution in [3.8, 4) is 0 Å². The average Bonchev–Trinajstić information content (AvgIpc) is 3.44. The highest BCUT2D eigenvalue weighted by atomic mass is 127. The molecule has 1 aromatic carbocycles. The van der Waals surface area contributed by atoms with Gasteiger partial charge in [-0.2, -0.15) is 0 Å². The van der Waals surface area contributed by atoms with Gasteiger partial charge in [0.05, 0.1) is 0 Å². The van der Waals surface area contributed by atoms with Gasteiger partial charge in [-0.05, 0) is 25.3 Å². The summed E-state index contributed by atoms with van der Waals surface area (Å²) in [7, 11) is 0. The molecule has 3 rings (SSSR count). The maximum Gasteiger partial charge on any atom is 0.242 e. The lowest BCUT2D eigenvalue weighted by atomic mass is 10.2. The molecule has 1 aliphatic heterocycles. The summed E-state index contributed by atoms with van der Waals surface area (Å²) in [6.45, 7) is 7.96. The molecule has 0 radical (unpaired) electrons. The summed E-state index contributed by atoms with van der Waals surface area (Å²) < 4.78 is 0. The summed E-state index contributed by atoms with van der Waals surface area (Å²) in [6.07, 6.45) is 2.22. The minimum absolute atomic E-state index is 0. The van der Waals surface area contributed by atoms with Gasteiger partial charge in [0.25, 0.3) is 0 Å². The number of nitrogens with one attached hydrogen (secondary N) is 2. The minimum Gasteiger partial charge on any atom is -0.357 e. The molecule has 0 unspecified atom stereocenters. The van der Waals surface area contributed by atoms with Crippen LogP contribution in [0.1, 0.15) is 25.3 Å². The normalized spacial score (nSPS) is 18.2. The number of hydrogen-bond acceptors (Lipinski definition) is 3. The Kier molecular flexibility index (Phi) is 8.64. The predicted octanol–water partition coefficient (Wildman–Crippen LogP) is 1.67. The third-order valence-corrected chi connectivity index (χ3v) is 4.57. The van der Waals surface area contributed by atoms with Crippen molar-refractivity contribution in [2.45, 2.75) is 32.4 Å². The molecule has 2 fully saturated rings. The van der Waals surface area contributed by atoms with E-state index in [9.17, 15) is 4.79 Å². The molecule has 1 amide bonds. The van der Waals surface area contributed by atoms with Gasteiger partial charge in [-0.25, -0.2) is 4.99 Å². The number of amides is 1. The highest BCUT2D eigenvalue weighted by Crippen LogP contribution is 2.18. The molecule has 1 heterocycles. The van der Waals surface area contributed by atoms with Crippen LogP contribution in [0.2, 0.25) is 0 Å². The quantitative estimate of drug-likeness (QED) is 0.377. The molecule has 1 aromatic rings. The van der Waals surface area contributed by atoms with Gasteiger partial charge in [0.15, 0.2) is 5.96 Å². The number of nitrogens with zero attached hydrogens (tertiary/aromatic N) is 3. The van der Waals surface area contributed by atoms with Crippen molar-refractivity contribution in [3.05, 3.63) is 35.9 Å². The number of piperazine rings is 1. The average molecular weight is 471 g/mol. The van der Waals surface area contributed by atoms with Crippen LogP contribution >= 0.6 is 24.0 Å². The van der Waals surface area contributed by atoms with Crippen LogP contribution in [0.3, 0.4) is 0 Å². The molecule has 2 aliphatic rings. The van der Waals surface area contributed by atoms with E-state index >= 15 is 0 Å². The third-order valence-electron chi connectivity index (χ3n) is 4.57. The van der Waals surface area contributed by atoms with Gasteiger partial charge in [-0.3, -0.25) is 9.69 Å². The molecule has 6 nitrogen and oxygen atoms in total. The predicted molar refractivity (Wildman–Crippen MR) is 116 cm³/mol. The van der Waals surface area contributed by atoms with Crippen molar-refractivity contribution in [3.63, 3.8) is 0 Å². The number of carbonyl (C=O) groups excluding carboxylic acids is 1. The molecule has 0 aromatic heterocycles. The summed E-state index contributed by atoms with van der Waals surface area (Å²) >= 11 is 0. The Labute approximate surface area is 173 Å². The fraction of sp³-hybridized carbons (Fsp3) is 0.579. The van der Waals surface area contributed by atoms with Crippen LogP contribution < -0.4 is 10.6 Å². The largest absolute Gasteiger partial charge is 0.357 e. The van der Waals surface area contributed by atoms with E-state index in [1.54, 1.807) is 0 Å². The summed E-state index contributed by atoms with van der Waals surface area (Å²) in [6, 6.07) is 11.0. The topological polar surface area (TPSA) is 60.0 Å². The Morgan fingerprint density at radius 2 is 1.85 bits per heavy atom. The first kappa shape index (κ1) is 21.0. The molecule has 0 spiro atoms. The summed E-state index contributed by atoms with van der Waals surface area (Å²) in [4.78, 5) is 21.1. The van der Waals surface area contributed by atoms with Crippen LogP contribution in [-0.2, 0) is 11.3 Å². The Morgan fingerprint density at radius 1 is 1.15 bits per heavy atom. The maximum absolute atomic E-state index is 11.9. The fourth-order valence-corrected chi connectivity index (χ4v) is 3.03. The molecular weight excluding hydrogens is 441 g/mol. The van der Waals surface area contributed by atoms with Gasteiger partial charge in [0.1, 0.15) is 6.54 Å². The molecule has 1 aliphatic carbocycles. The highest BCUT2D eigenvalue weighted by Gasteiger charge is 2.23. The first-order valence-corrected chi connectivity index (χ1v) is 9.33. The number of hydrogen-bond donors (Lipinski definition) is 2. The minimum atomic E-state index is 0. The second-order valence-corrected chi connectivity index (χ2v) is 6.76. The Bertz CT molecular complexity index is 583. The summed E-state index contributed by atoms with van der Waals surface area (Å²) in [5, 5.41) is 6.31. The fourth-order valence-electron chi connectivity index (χ4n) is 3.03. The molecule has 2 N–H and O–H groups in total. The summed E-state index contributed by atoms with van der Waals surface area (Å²) in [5.41, 5.74) is 1.35. The van der Waals surface area contributed by atoms with Crippen LogP contribution in [0.25, 0.3) is 0 Å². The number of guanidine groups is 1. The molecule has 7 heteroatoms. The van der Waals surface area contributed by atoms with Crippen molar-refractivity contribution in [1.82, 2.24) is 20.4 Å². The van der Waals surface area contributed by atoms with Gasteiger partial charge in [-0.1, -0.05) is 30.3 Å². The molecule has 0 bridgehead atoms. The van der Waals surface area contributed by atoms with Crippen molar-refractivity contribution >= 4 is 35.8 Å². The Hall–Kier alpha value is -1.35. The van der Waals surface area contributed by atoms with Crippen molar-refractivity contribution in [2.75, 3.05) is 39.3 Å². The first-order chi connectivity index (χ1) is 12.2. The molecule has 26 heavy (non-hydrogen) atoms. The number of aliphatic imine (C=N–C) groups is 1. The van der Waals surface area contributed by atoms with Crippen molar-refractivity contribution in [2.24, 2.45) is 4.99 Å². The lowest BCUT2D eigenvalue weighted by Crippen LogP contribution is -2.52. The smallest absolute Gasteiger partial charge is 0.242 e. The number of carbonyl (C=O) groups is 1. The number of benzene rings is 1. The second-order valence-electron chi connectivity index (χ2n) is 6.76. The van der Waals surface area contributed by atoms with Gasteiger partial charge >= 0.3 is 0 Å². The van der Waals surface area contributed by atoms with Crippen molar-refractivity contribution in [1.29, 1.82) is 0 Å². The van der Waals surface area contributed by atoms with E-state index < -0.39 is 0 Å². The zero-order valence-electron chi connectivity index (χ0n) is 15.5.